The Bertz CT molecular complexity index is 758. The summed E-state index contributed by atoms with van der Waals surface area (Å²) in [7, 11) is 0. The summed E-state index contributed by atoms with van der Waals surface area (Å²) in [4.78, 5) is 9.06. The van der Waals surface area contributed by atoms with Crippen LogP contribution < -0.4 is 10.5 Å². The molecule has 0 aliphatic carbocycles. The Morgan fingerprint density at radius 2 is 2.14 bits per heavy atom. The van der Waals surface area contributed by atoms with Gasteiger partial charge in [0.1, 0.15) is 11.3 Å². The van der Waals surface area contributed by atoms with Gasteiger partial charge in [0.2, 0.25) is 5.88 Å². The van der Waals surface area contributed by atoms with Gasteiger partial charge in [-0.05, 0) is 62.8 Å². The molecule has 22 heavy (non-hydrogen) atoms. The maximum atomic E-state index is 5.96. The first-order valence-corrected chi connectivity index (χ1v) is 8.58. The molecule has 1 atom stereocenters. The van der Waals surface area contributed by atoms with Crippen molar-refractivity contribution in [3.63, 3.8) is 0 Å². The molecule has 2 aliphatic heterocycles. The quantitative estimate of drug-likeness (QED) is 0.597. The second kappa shape index (κ2) is 5.09. The number of ether oxygens (including phenoxy) is 2. The number of hydrogen-bond donors (Lipinski definition) is 1. The smallest absolute Gasteiger partial charge is 0.283 e. The van der Waals surface area contributed by atoms with Gasteiger partial charge in [-0.15, -0.1) is 0 Å². The van der Waals surface area contributed by atoms with Gasteiger partial charge in [-0.2, -0.15) is 0 Å². The number of aliphatic imine (C=N–C) groups is 1. The van der Waals surface area contributed by atoms with Crippen LogP contribution in [0.25, 0.3) is 0 Å². The summed E-state index contributed by atoms with van der Waals surface area (Å²) in [6.45, 7) is 0.506. The zero-order valence-corrected chi connectivity index (χ0v) is 15.1. The van der Waals surface area contributed by atoms with Gasteiger partial charge in [0.25, 0.3) is 6.02 Å². The second-order valence-electron chi connectivity index (χ2n) is 5.16. The number of halogens is 2. The van der Waals surface area contributed by atoms with E-state index in [0.717, 1.165) is 24.9 Å². The van der Waals surface area contributed by atoms with E-state index >= 15 is 0 Å². The Morgan fingerprint density at radius 3 is 2.95 bits per heavy atom. The number of hydrogen-bond acceptors (Lipinski definition) is 5. The van der Waals surface area contributed by atoms with Crippen molar-refractivity contribution in [2.24, 2.45) is 10.7 Å². The van der Waals surface area contributed by atoms with Crippen molar-refractivity contribution in [1.29, 1.82) is 0 Å². The summed E-state index contributed by atoms with van der Waals surface area (Å²) >= 11 is 5.76. The SMILES string of the molecule is NC1=NC2(CCO1)c1cc(I)ccc1Oc1ncc(Br)cc12. The lowest BCUT2D eigenvalue weighted by Gasteiger charge is -2.38. The number of fused-ring (bicyclic) bond motifs is 4. The van der Waals surface area contributed by atoms with E-state index in [2.05, 4.69) is 54.6 Å². The average molecular weight is 472 g/mol. The van der Waals surface area contributed by atoms with Crippen molar-refractivity contribution in [3.05, 3.63) is 49.6 Å². The Morgan fingerprint density at radius 1 is 1.27 bits per heavy atom. The standard InChI is InChI=1S/C15H11BrIN3O2/c16-8-5-11-13(19-7-8)22-12-2-1-9(17)6-10(12)15(11)3-4-21-14(18)20-15/h1-2,5-7H,3-4H2,(H2,18,20). The molecule has 0 saturated heterocycles. The van der Waals surface area contributed by atoms with E-state index in [4.69, 9.17) is 15.2 Å². The molecule has 3 heterocycles. The Labute approximate surface area is 149 Å². The molecule has 0 bridgehead atoms. The van der Waals surface area contributed by atoms with Gasteiger partial charge >= 0.3 is 0 Å². The topological polar surface area (TPSA) is 69.7 Å². The molecule has 1 unspecified atom stereocenters. The number of nitrogens with two attached hydrogens (primary N) is 1. The fraction of sp³-hybridized carbons (Fsp3) is 0.200. The number of pyridine rings is 1. The molecule has 7 heteroatoms. The highest BCUT2D eigenvalue weighted by Crippen LogP contribution is 2.51. The van der Waals surface area contributed by atoms with Crippen LogP contribution in [0.1, 0.15) is 17.5 Å². The Hall–Kier alpha value is -1.35. The highest BCUT2D eigenvalue weighted by molar-refractivity contribution is 14.1. The van der Waals surface area contributed by atoms with Crippen molar-refractivity contribution < 1.29 is 9.47 Å². The predicted octanol–water partition coefficient (Wildman–Crippen LogP) is 3.53. The van der Waals surface area contributed by atoms with Gasteiger partial charge in [-0.1, -0.05) is 0 Å². The third kappa shape index (κ3) is 2.10. The molecule has 0 amide bonds. The van der Waals surface area contributed by atoms with Crippen molar-refractivity contribution in [2.45, 2.75) is 12.0 Å². The van der Waals surface area contributed by atoms with E-state index < -0.39 is 5.54 Å². The lowest BCUT2D eigenvalue weighted by atomic mass is 9.79. The van der Waals surface area contributed by atoms with Crippen LogP contribution in [0.4, 0.5) is 0 Å². The molecule has 0 saturated carbocycles. The molecule has 2 N–H and O–H groups in total. The predicted molar refractivity (Wildman–Crippen MR) is 94.1 cm³/mol. The van der Waals surface area contributed by atoms with Crippen LogP contribution in [0.2, 0.25) is 0 Å². The number of amidine groups is 1. The molecule has 1 spiro atoms. The number of rotatable bonds is 0. The van der Waals surface area contributed by atoms with E-state index in [9.17, 15) is 0 Å². The third-order valence-electron chi connectivity index (χ3n) is 3.87. The van der Waals surface area contributed by atoms with E-state index in [0.29, 0.717) is 18.9 Å². The van der Waals surface area contributed by atoms with E-state index in [-0.39, 0.29) is 6.02 Å². The third-order valence-corrected chi connectivity index (χ3v) is 4.98. The van der Waals surface area contributed by atoms with Crippen molar-refractivity contribution in [1.82, 2.24) is 4.98 Å². The van der Waals surface area contributed by atoms with Crippen molar-refractivity contribution >= 4 is 44.5 Å². The summed E-state index contributed by atoms with van der Waals surface area (Å²) in [5.74, 6) is 1.33. The summed E-state index contributed by atoms with van der Waals surface area (Å²) in [5, 5.41) is 0. The molecule has 4 rings (SSSR count). The van der Waals surface area contributed by atoms with E-state index in [1.165, 1.54) is 0 Å². The summed E-state index contributed by atoms with van der Waals surface area (Å²) < 4.78 is 13.3. The fourth-order valence-corrected chi connectivity index (χ4v) is 3.76. The van der Waals surface area contributed by atoms with Crippen molar-refractivity contribution in [3.8, 4) is 11.6 Å². The summed E-state index contributed by atoms with van der Waals surface area (Å²) in [6, 6.07) is 8.23. The van der Waals surface area contributed by atoms with Gasteiger partial charge in [0.05, 0.1) is 6.61 Å². The maximum absolute atomic E-state index is 5.96. The van der Waals surface area contributed by atoms with Gasteiger partial charge in [0.15, 0.2) is 0 Å². The van der Waals surface area contributed by atoms with Gasteiger partial charge in [0, 0.05) is 31.8 Å². The first-order valence-electron chi connectivity index (χ1n) is 6.70. The molecule has 2 aliphatic rings. The molecule has 2 aromatic rings. The normalized spacial score (nSPS) is 22.2. The minimum absolute atomic E-state index is 0.198. The van der Waals surface area contributed by atoms with Gasteiger partial charge in [-0.3, -0.25) is 0 Å². The number of aromatic nitrogens is 1. The minimum atomic E-state index is -0.608. The number of nitrogens with zero attached hydrogens (tertiary/aromatic N) is 2. The zero-order valence-electron chi connectivity index (χ0n) is 11.3. The largest absolute Gasteiger partial charge is 0.465 e. The molecule has 1 aromatic heterocycles. The molecular formula is C15H11BrIN3O2. The highest BCUT2D eigenvalue weighted by Gasteiger charge is 2.45. The fourth-order valence-electron chi connectivity index (χ4n) is 2.94. The van der Waals surface area contributed by atoms with Crippen LogP contribution in [0, 0.1) is 3.57 Å². The first-order chi connectivity index (χ1) is 10.6. The second-order valence-corrected chi connectivity index (χ2v) is 7.32. The first kappa shape index (κ1) is 14.3. The monoisotopic (exact) mass is 471 g/mol. The van der Waals surface area contributed by atoms with Crippen LogP contribution in [0.15, 0.2) is 39.9 Å². The Kier molecular flexibility index (Phi) is 3.30. The summed E-state index contributed by atoms with van der Waals surface area (Å²) in [5.41, 5.74) is 7.18. The van der Waals surface area contributed by atoms with Crippen LogP contribution in [0.3, 0.4) is 0 Å². The maximum Gasteiger partial charge on any atom is 0.283 e. The van der Waals surface area contributed by atoms with Crippen LogP contribution in [-0.4, -0.2) is 17.6 Å². The molecule has 112 valence electrons. The molecule has 5 nitrogen and oxygen atoms in total. The highest BCUT2D eigenvalue weighted by atomic mass is 127. The van der Waals surface area contributed by atoms with E-state index in [1.807, 2.05) is 18.2 Å². The van der Waals surface area contributed by atoms with Crippen molar-refractivity contribution in [2.75, 3.05) is 6.61 Å². The molecule has 0 fully saturated rings. The zero-order chi connectivity index (χ0) is 15.3. The van der Waals surface area contributed by atoms with Gasteiger partial charge < -0.3 is 15.2 Å². The lowest BCUT2D eigenvalue weighted by Crippen LogP contribution is -2.38. The molecular weight excluding hydrogens is 461 g/mol. The molecule has 1 aromatic carbocycles. The number of benzene rings is 1. The lowest BCUT2D eigenvalue weighted by molar-refractivity contribution is 0.218. The molecule has 0 radical (unpaired) electrons. The Balaban J connectivity index is 2.05. The van der Waals surface area contributed by atoms with Crippen LogP contribution in [-0.2, 0) is 10.3 Å². The minimum Gasteiger partial charge on any atom is -0.465 e. The summed E-state index contributed by atoms with van der Waals surface area (Å²) in [6.07, 6.45) is 2.41. The van der Waals surface area contributed by atoms with E-state index in [1.54, 1.807) is 6.20 Å². The average Bonchev–Trinajstić information content (AvgIpc) is 2.49. The van der Waals surface area contributed by atoms with Crippen LogP contribution >= 0.6 is 38.5 Å². The van der Waals surface area contributed by atoms with Gasteiger partial charge in [-0.25, -0.2) is 9.98 Å². The van der Waals surface area contributed by atoms with Crippen LogP contribution in [0.5, 0.6) is 11.6 Å².